The van der Waals surface area contributed by atoms with E-state index in [1.165, 1.54) is 40.5 Å². The SMILES string of the molecule is C=C1CCC(O)C/C1=C/C=C1\CCCC2(C)C(C(C)C/C=C/S(=O)(=O)C(C)(C)C)=CCC12. The van der Waals surface area contributed by atoms with E-state index in [1.54, 1.807) is 20.8 Å². The van der Waals surface area contributed by atoms with Crippen LogP contribution in [0.15, 0.2) is 58.6 Å². The molecule has 0 aromatic carbocycles. The molecular weight excluding hydrogens is 416 g/mol. The highest BCUT2D eigenvalue weighted by Crippen LogP contribution is 2.57. The molecular formula is C28H42O3S. The van der Waals surface area contributed by atoms with Crippen LogP contribution in [-0.4, -0.2) is 24.4 Å². The van der Waals surface area contributed by atoms with Crippen molar-refractivity contribution in [2.45, 2.75) is 96.8 Å². The summed E-state index contributed by atoms with van der Waals surface area (Å²) in [4.78, 5) is 0. The van der Waals surface area contributed by atoms with Gasteiger partial charge < -0.3 is 5.11 Å². The predicted molar refractivity (Wildman–Crippen MR) is 135 cm³/mol. The van der Waals surface area contributed by atoms with Crippen molar-refractivity contribution >= 4 is 9.84 Å². The Kier molecular flexibility index (Phi) is 7.46. The molecule has 0 heterocycles. The lowest BCUT2D eigenvalue weighted by Gasteiger charge is -2.42. The van der Waals surface area contributed by atoms with Crippen molar-refractivity contribution < 1.29 is 13.5 Å². The third-order valence-corrected chi connectivity index (χ3v) is 10.2. The molecule has 2 saturated carbocycles. The molecule has 4 unspecified atom stereocenters. The van der Waals surface area contributed by atoms with Crippen LogP contribution in [0, 0.1) is 17.3 Å². The molecule has 0 aliphatic heterocycles. The van der Waals surface area contributed by atoms with Gasteiger partial charge in [-0.2, -0.15) is 0 Å². The van der Waals surface area contributed by atoms with Gasteiger partial charge in [-0.15, -0.1) is 0 Å². The van der Waals surface area contributed by atoms with Gasteiger partial charge in [-0.25, -0.2) is 8.42 Å². The van der Waals surface area contributed by atoms with Crippen molar-refractivity contribution in [1.82, 2.24) is 0 Å². The first kappa shape index (κ1) is 25.2. The zero-order valence-corrected chi connectivity index (χ0v) is 21.5. The molecule has 32 heavy (non-hydrogen) atoms. The smallest absolute Gasteiger partial charge is 0.176 e. The Balaban J connectivity index is 1.73. The normalized spacial score (nSPS) is 33.1. The van der Waals surface area contributed by atoms with E-state index in [9.17, 15) is 13.5 Å². The van der Waals surface area contributed by atoms with Gasteiger partial charge in [-0.1, -0.05) is 61.4 Å². The van der Waals surface area contributed by atoms with Crippen LogP contribution in [0.4, 0.5) is 0 Å². The summed E-state index contributed by atoms with van der Waals surface area (Å²) >= 11 is 0. The molecule has 0 aromatic heterocycles. The van der Waals surface area contributed by atoms with Gasteiger partial charge in [0.1, 0.15) is 0 Å². The summed E-state index contributed by atoms with van der Waals surface area (Å²) in [6.07, 6.45) is 16.3. The van der Waals surface area contributed by atoms with Crippen LogP contribution in [0.25, 0.3) is 0 Å². The summed E-state index contributed by atoms with van der Waals surface area (Å²) in [5.74, 6) is 0.858. The molecule has 3 aliphatic carbocycles. The summed E-state index contributed by atoms with van der Waals surface area (Å²) < 4.78 is 24.0. The molecule has 178 valence electrons. The Morgan fingerprint density at radius 3 is 2.69 bits per heavy atom. The van der Waals surface area contributed by atoms with Crippen LogP contribution in [0.5, 0.6) is 0 Å². The van der Waals surface area contributed by atoms with E-state index in [2.05, 4.69) is 38.7 Å². The van der Waals surface area contributed by atoms with E-state index < -0.39 is 14.6 Å². The van der Waals surface area contributed by atoms with Crippen molar-refractivity contribution in [3.8, 4) is 0 Å². The number of aliphatic hydroxyl groups is 1. The van der Waals surface area contributed by atoms with E-state index in [0.717, 1.165) is 38.5 Å². The number of sulfone groups is 1. The van der Waals surface area contributed by atoms with Crippen molar-refractivity contribution in [2.24, 2.45) is 17.3 Å². The summed E-state index contributed by atoms with van der Waals surface area (Å²) in [6.45, 7) is 14.1. The van der Waals surface area contributed by atoms with Gasteiger partial charge in [-0.05, 0) is 95.0 Å². The minimum atomic E-state index is -3.23. The summed E-state index contributed by atoms with van der Waals surface area (Å²) in [6, 6.07) is 0. The topological polar surface area (TPSA) is 54.4 Å². The van der Waals surface area contributed by atoms with Gasteiger partial charge >= 0.3 is 0 Å². The molecule has 1 N–H and O–H groups in total. The average molecular weight is 459 g/mol. The average Bonchev–Trinajstić information content (AvgIpc) is 3.05. The number of aliphatic hydroxyl groups excluding tert-OH is 1. The van der Waals surface area contributed by atoms with Crippen LogP contribution in [-0.2, 0) is 9.84 Å². The zero-order valence-electron chi connectivity index (χ0n) is 20.7. The van der Waals surface area contributed by atoms with Gasteiger partial charge in [0.25, 0.3) is 0 Å². The maximum absolute atomic E-state index is 12.4. The van der Waals surface area contributed by atoms with Gasteiger partial charge in [0, 0.05) is 5.41 Å². The third-order valence-electron chi connectivity index (χ3n) is 7.95. The molecule has 4 atom stereocenters. The Hall–Kier alpha value is -1.39. The fourth-order valence-electron chi connectivity index (χ4n) is 5.73. The minimum Gasteiger partial charge on any atom is -0.393 e. The standard InChI is InChI=1S/C28H42O3S/c1-20-11-14-24(29)19-23(20)13-12-22-10-7-17-28(6)25(15-16-26(22)28)21(2)9-8-18-32(30,31)27(3,4)5/h8,12-13,15,18,21,24,26,29H,1,7,9-11,14,16-17,19H2,2-6H3/b18-8+,22-12+,23-13-. The lowest BCUT2D eigenvalue weighted by Crippen LogP contribution is -2.32. The molecule has 0 spiro atoms. The number of hydrogen-bond acceptors (Lipinski definition) is 3. The summed E-state index contributed by atoms with van der Waals surface area (Å²) in [5.41, 5.74) is 5.54. The Morgan fingerprint density at radius 1 is 1.28 bits per heavy atom. The zero-order chi connectivity index (χ0) is 23.7. The number of fused-ring (bicyclic) bond motifs is 1. The first-order valence-electron chi connectivity index (χ1n) is 12.2. The van der Waals surface area contributed by atoms with Crippen LogP contribution < -0.4 is 0 Å². The molecule has 3 rings (SSSR count). The third kappa shape index (κ3) is 5.22. The maximum Gasteiger partial charge on any atom is 0.176 e. The van der Waals surface area contributed by atoms with E-state index in [-0.39, 0.29) is 11.5 Å². The van der Waals surface area contributed by atoms with Crippen molar-refractivity contribution in [1.29, 1.82) is 0 Å². The number of allylic oxidation sites excluding steroid dienone is 7. The van der Waals surface area contributed by atoms with Crippen LogP contribution >= 0.6 is 0 Å². The summed E-state index contributed by atoms with van der Waals surface area (Å²) in [7, 11) is -3.23. The first-order valence-corrected chi connectivity index (χ1v) is 13.8. The molecule has 0 amide bonds. The number of rotatable bonds is 5. The lowest BCUT2D eigenvalue weighted by atomic mass is 9.62. The fraction of sp³-hybridized carbons (Fsp3) is 0.643. The molecule has 0 aromatic rings. The highest BCUT2D eigenvalue weighted by molar-refractivity contribution is 7.95. The van der Waals surface area contributed by atoms with Crippen molar-refractivity contribution in [3.05, 3.63) is 58.6 Å². The molecule has 0 bridgehead atoms. The van der Waals surface area contributed by atoms with Gasteiger partial charge in [0.2, 0.25) is 0 Å². The maximum atomic E-state index is 12.4. The second-order valence-corrected chi connectivity index (χ2v) is 13.9. The lowest BCUT2D eigenvalue weighted by molar-refractivity contribution is 0.158. The van der Waals surface area contributed by atoms with E-state index in [4.69, 9.17) is 0 Å². The van der Waals surface area contributed by atoms with Crippen molar-refractivity contribution in [2.75, 3.05) is 0 Å². The second kappa shape index (κ2) is 9.46. The van der Waals surface area contributed by atoms with E-state index in [1.807, 2.05) is 6.08 Å². The van der Waals surface area contributed by atoms with Crippen molar-refractivity contribution in [3.63, 3.8) is 0 Å². The predicted octanol–water partition coefficient (Wildman–Crippen LogP) is 6.83. The summed E-state index contributed by atoms with van der Waals surface area (Å²) in [5, 5.41) is 11.5. The minimum absolute atomic E-state index is 0.155. The van der Waals surface area contributed by atoms with E-state index >= 15 is 0 Å². The molecule has 4 heteroatoms. The molecule has 0 radical (unpaired) electrons. The Labute approximate surface area is 196 Å². The largest absolute Gasteiger partial charge is 0.393 e. The monoisotopic (exact) mass is 458 g/mol. The second-order valence-electron chi connectivity index (χ2n) is 11.3. The van der Waals surface area contributed by atoms with Gasteiger partial charge in [0.15, 0.2) is 9.84 Å². The van der Waals surface area contributed by atoms with E-state index in [0.29, 0.717) is 11.8 Å². The van der Waals surface area contributed by atoms with Crippen LogP contribution in [0.3, 0.4) is 0 Å². The van der Waals surface area contributed by atoms with Gasteiger partial charge in [0.05, 0.1) is 10.9 Å². The number of hydrogen-bond donors (Lipinski definition) is 1. The highest BCUT2D eigenvalue weighted by atomic mass is 32.2. The molecule has 3 nitrogen and oxygen atoms in total. The highest BCUT2D eigenvalue weighted by Gasteiger charge is 2.45. The fourth-order valence-corrected chi connectivity index (χ4v) is 6.50. The quantitative estimate of drug-likeness (QED) is 0.459. The Morgan fingerprint density at radius 2 is 2.00 bits per heavy atom. The van der Waals surface area contributed by atoms with Gasteiger partial charge in [-0.3, -0.25) is 0 Å². The molecule has 3 aliphatic rings. The first-order chi connectivity index (χ1) is 14.8. The van der Waals surface area contributed by atoms with Crippen LogP contribution in [0.1, 0.15) is 86.0 Å². The molecule has 2 fully saturated rings. The Bertz CT molecular complexity index is 955. The van der Waals surface area contributed by atoms with Crippen LogP contribution in [0.2, 0.25) is 0 Å². The molecule has 0 saturated heterocycles.